The van der Waals surface area contributed by atoms with E-state index in [0.717, 1.165) is 38.0 Å². The first-order chi connectivity index (χ1) is 22.1. The Morgan fingerprint density at radius 1 is 0.660 bits per heavy atom. The van der Waals surface area contributed by atoms with Crippen LogP contribution in [-0.2, 0) is 23.9 Å². The van der Waals surface area contributed by atoms with Gasteiger partial charge in [-0.2, -0.15) is 11.8 Å². The van der Waals surface area contributed by atoms with Crippen LogP contribution < -0.4 is 0 Å². The fraction of sp³-hybridized carbons (Fsp3) is 0.925. The van der Waals surface area contributed by atoms with E-state index < -0.39 is 28.6 Å². The maximum Gasteiger partial charge on any atom is 0.311 e. The maximum atomic E-state index is 13.0. The third-order valence-corrected chi connectivity index (χ3v) is 11.3. The van der Waals surface area contributed by atoms with Crippen LogP contribution >= 0.6 is 11.8 Å². The molecule has 6 nitrogen and oxygen atoms in total. The third kappa shape index (κ3) is 20.1. The van der Waals surface area contributed by atoms with Gasteiger partial charge in [-0.05, 0) is 99.9 Å². The Bertz CT molecular complexity index is 852. The van der Waals surface area contributed by atoms with Gasteiger partial charge >= 0.3 is 17.9 Å². The number of thioether (sulfide) groups is 1. The van der Waals surface area contributed by atoms with E-state index >= 15 is 0 Å². The zero-order valence-electron chi connectivity index (χ0n) is 32.5. The predicted octanol–water partition coefficient (Wildman–Crippen LogP) is 11.5. The summed E-state index contributed by atoms with van der Waals surface area (Å²) in [6.45, 7) is 21.4. The second kappa shape index (κ2) is 24.8. The molecule has 0 rings (SSSR count). The number of carboxylic acid groups (broad SMARTS) is 1. The Labute approximate surface area is 295 Å². The highest BCUT2D eigenvalue weighted by Crippen LogP contribution is 2.42. The number of esters is 2. The Kier molecular flexibility index (Phi) is 24.2. The van der Waals surface area contributed by atoms with Crippen LogP contribution in [0.2, 0.25) is 0 Å². The lowest BCUT2D eigenvalue weighted by atomic mass is 9.67. The largest absolute Gasteiger partial charge is 0.481 e. The van der Waals surface area contributed by atoms with Crippen molar-refractivity contribution in [2.75, 3.05) is 24.7 Å². The Morgan fingerprint density at radius 2 is 1.23 bits per heavy atom. The number of hydrogen-bond acceptors (Lipinski definition) is 6. The summed E-state index contributed by atoms with van der Waals surface area (Å²) in [7, 11) is 0. The first-order valence-electron chi connectivity index (χ1n) is 19.2. The van der Waals surface area contributed by atoms with Crippen LogP contribution in [0.25, 0.3) is 0 Å². The average Bonchev–Trinajstić information content (AvgIpc) is 2.98. The fourth-order valence-corrected chi connectivity index (χ4v) is 7.89. The van der Waals surface area contributed by atoms with Gasteiger partial charge in [-0.15, -0.1) is 0 Å². The normalized spacial score (nSPS) is 14.4. The first kappa shape index (κ1) is 45.8. The molecule has 0 aliphatic heterocycles. The molecule has 0 saturated heterocycles. The van der Waals surface area contributed by atoms with E-state index in [9.17, 15) is 19.5 Å². The first-order valence-corrected chi connectivity index (χ1v) is 20.4. The molecule has 0 aromatic heterocycles. The summed E-state index contributed by atoms with van der Waals surface area (Å²) in [5, 5.41) is 10.1. The van der Waals surface area contributed by atoms with Gasteiger partial charge in [-0.1, -0.05) is 107 Å². The minimum absolute atomic E-state index is 0.151. The Balaban J connectivity index is 4.46. The summed E-state index contributed by atoms with van der Waals surface area (Å²) in [6.07, 6.45) is 18.5. The monoisotopic (exact) mass is 685 g/mol. The Morgan fingerprint density at radius 3 is 1.85 bits per heavy atom. The summed E-state index contributed by atoms with van der Waals surface area (Å²) in [6, 6.07) is 0. The minimum atomic E-state index is -0.956. The van der Waals surface area contributed by atoms with Crippen LogP contribution in [0.15, 0.2) is 0 Å². The number of carboxylic acids is 1. The van der Waals surface area contributed by atoms with E-state index in [0.29, 0.717) is 25.0 Å². The number of unbranched alkanes of at least 4 members (excludes halogenated alkanes) is 7. The molecule has 47 heavy (non-hydrogen) atoms. The van der Waals surface area contributed by atoms with Crippen molar-refractivity contribution in [3.63, 3.8) is 0 Å². The summed E-state index contributed by atoms with van der Waals surface area (Å²) in [4.78, 5) is 37.8. The molecular weight excluding hydrogens is 609 g/mol. The van der Waals surface area contributed by atoms with Crippen molar-refractivity contribution in [2.45, 2.75) is 178 Å². The lowest BCUT2D eigenvalue weighted by molar-refractivity contribution is -0.160. The van der Waals surface area contributed by atoms with Gasteiger partial charge in [0.05, 0.1) is 30.5 Å². The standard InChI is InChI=1S/C40H76O6S/c1-11-14-16-19-23-33(38(5,6)25-13-3)24-22-29-47-28-21-18-17-20-27-46-37(44)40(9,10)31-34(35(41)42)39(7,8)30-32(4)36(43)45-26-15-12-2/h32-34H,11-31H2,1-10H3,(H,41,42). The second-order valence-electron chi connectivity index (χ2n) is 16.2. The lowest BCUT2D eigenvalue weighted by Crippen LogP contribution is -2.40. The number of carbonyl (C=O) groups excluding carboxylic acids is 2. The molecule has 3 atom stereocenters. The molecule has 0 spiro atoms. The van der Waals surface area contributed by atoms with E-state index in [4.69, 9.17) is 9.47 Å². The molecule has 1 N–H and O–H groups in total. The number of ether oxygens (including phenoxy) is 2. The van der Waals surface area contributed by atoms with Crippen molar-refractivity contribution in [3.05, 3.63) is 0 Å². The molecule has 278 valence electrons. The number of rotatable bonds is 30. The quantitative estimate of drug-likeness (QED) is 0.0595. The highest BCUT2D eigenvalue weighted by Gasteiger charge is 2.43. The lowest BCUT2D eigenvalue weighted by Gasteiger charge is -2.37. The van der Waals surface area contributed by atoms with Gasteiger partial charge in [0.15, 0.2) is 0 Å². The van der Waals surface area contributed by atoms with E-state index in [2.05, 4.69) is 39.5 Å². The molecule has 0 saturated carbocycles. The minimum Gasteiger partial charge on any atom is -0.481 e. The van der Waals surface area contributed by atoms with Crippen LogP contribution in [0.1, 0.15) is 178 Å². The van der Waals surface area contributed by atoms with E-state index in [-0.39, 0.29) is 18.4 Å². The zero-order valence-corrected chi connectivity index (χ0v) is 33.3. The highest BCUT2D eigenvalue weighted by atomic mass is 32.2. The fourth-order valence-electron chi connectivity index (χ4n) is 6.91. The van der Waals surface area contributed by atoms with Gasteiger partial charge in [-0.25, -0.2) is 0 Å². The van der Waals surface area contributed by atoms with Gasteiger partial charge < -0.3 is 14.6 Å². The Hall–Kier alpha value is -1.24. The molecule has 3 unspecified atom stereocenters. The van der Waals surface area contributed by atoms with Crippen LogP contribution in [-0.4, -0.2) is 47.7 Å². The molecule has 0 aromatic carbocycles. The van der Waals surface area contributed by atoms with Crippen LogP contribution in [0.3, 0.4) is 0 Å². The number of aliphatic carboxylic acids is 1. The molecule has 0 radical (unpaired) electrons. The molecule has 7 heteroatoms. The van der Waals surface area contributed by atoms with Gasteiger partial charge in [0.25, 0.3) is 0 Å². The van der Waals surface area contributed by atoms with Gasteiger partial charge in [-0.3, -0.25) is 14.4 Å². The highest BCUT2D eigenvalue weighted by molar-refractivity contribution is 7.99. The van der Waals surface area contributed by atoms with E-state index in [1.807, 2.05) is 20.8 Å². The van der Waals surface area contributed by atoms with Crippen molar-refractivity contribution in [3.8, 4) is 0 Å². The smallest absolute Gasteiger partial charge is 0.311 e. The summed E-state index contributed by atoms with van der Waals surface area (Å²) >= 11 is 2.08. The van der Waals surface area contributed by atoms with Gasteiger partial charge in [0.1, 0.15) is 0 Å². The zero-order chi connectivity index (χ0) is 35.9. The van der Waals surface area contributed by atoms with Crippen molar-refractivity contribution < 1.29 is 29.0 Å². The van der Waals surface area contributed by atoms with Crippen molar-refractivity contribution in [1.82, 2.24) is 0 Å². The van der Waals surface area contributed by atoms with Crippen LogP contribution in [0, 0.1) is 34.0 Å². The molecule has 0 heterocycles. The molecule has 0 aliphatic carbocycles. The van der Waals surface area contributed by atoms with Crippen LogP contribution in [0.5, 0.6) is 0 Å². The van der Waals surface area contributed by atoms with Crippen molar-refractivity contribution in [1.29, 1.82) is 0 Å². The molecular formula is C40H76O6S. The number of hydrogen-bond donors (Lipinski definition) is 1. The topological polar surface area (TPSA) is 89.9 Å². The SMILES string of the molecule is CCCCCCC(CCCSCCCCCCOC(=O)C(C)(C)CC(C(=O)O)C(C)(C)CC(C)C(=O)OCCCC)C(C)(C)CCC. The molecule has 0 bridgehead atoms. The van der Waals surface area contributed by atoms with Crippen molar-refractivity contribution in [2.24, 2.45) is 34.0 Å². The summed E-state index contributed by atoms with van der Waals surface area (Å²) in [5.74, 6) is 0.450. The van der Waals surface area contributed by atoms with E-state index in [1.54, 1.807) is 20.8 Å². The van der Waals surface area contributed by atoms with Gasteiger partial charge in [0.2, 0.25) is 0 Å². The predicted molar refractivity (Wildman–Crippen MR) is 200 cm³/mol. The molecule has 0 amide bonds. The maximum absolute atomic E-state index is 13.0. The second-order valence-corrected chi connectivity index (χ2v) is 17.4. The van der Waals surface area contributed by atoms with E-state index in [1.165, 1.54) is 75.7 Å². The molecule has 0 aromatic rings. The summed E-state index contributed by atoms with van der Waals surface area (Å²) in [5.41, 5.74) is -1.20. The van der Waals surface area contributed by atoms with Crippen molar-refractivity contribution >= 4 is 29.7 Å². The van der Waals surface area contributed by atoms with Gasteiger partial charge in [0, 0.05) is 0 Å². The molecule has 0 aliphatic rings. The number of carbonyl (C=O) groups is 3. The van der Waals surface area contributed by atoms with Crippen LogP contribution in [0.4, 0.5) is 0 Å². The summed E-state index contributed by atoms with van der Waals surface area (Å²) < 4.78 is 11.0. The average molecular weight is 685 g/mol. The molecule has 0 fully saturated rings. The third-order valence-electron chi connectivity index (χ3n) is 10.1.